The van der Waals surface area contributed by atoms with Crippen LogP contribution in [0.25, 0.3) is 15.3 Å². The summed E-state index contributed by atoms with van der Waals surface area (Å²) in [6.45, 7) is 2.15. The number of rotatable bonds is 5. The van der Waals surface area contributed by atoms with Gasteiger partial charge in [-0.2, -0.15) is 14.1 Å². The highest BCUT2D eigenvalue weighted by molar-refractivity contribution is 7.91. The summed E-state index contributed by atoms with van der Waals surface area (Å²) < 4.78 is 31.3. The summed E-state index contributed by atoms with van der Waals surface area (Å²) in [5.41, 5.74) is 4.43. The molecule has 12 heteroatoms. The Bertz CT molecular complexity index is 1560. The molecule has 0 bridgehead atoms. The van der Waals surface area contributed by atoms with Crippen LogP contribution < -0.4 is 5.32 Å². The van der Waals surface area contributed by atoms with E-state index in [9.17, 15) is 13.2 Å². The van der Waals surface area contributed by atoms with Crippen LogP contribution in [0.15, 0.2) is 34.5 Å². The molecule has 8 nitrogen and oxygen atoms in total. The molecule has 1 amide bonds. The summed E-state index contributed by atoms with van der Waals surface area (Å²) in [5.74, 6) is 0.108. The summed E-state index contributed by atoms with van der Waals surface area (Å²) in [5, 5.41) is 8.22. The molecule has 4 heterocycles. The second kappa shape index (κ2) is 9.77. The molecule has 2 aliphatic rings. The molecule has 6 rings (SSSR count). The zero-order valence-electron chi connectivity index (χ0n) is 20.2. The number of nitrogens with zero attached hydrogens (tertiary/aromatic N) is 4. The Balaban J connectivity index is 1.29. The topological polar surface area (TPSA) is 97.2 Å². The van der Waals surface area contributed by atoms with E-state index in [1.807, 2.05) is 6.92 Å². The molecule has 4 aromatic rings. The van der Waals surface area contributed by atoms with Gasteiger partial charge in [-0.05, 0) is 80.8 Å². The number of thiazole rings is 1. The van der Waals surface area contributed by atoms with Gasteiger partial charge in [-0.3, -0.25) is 4.79 Å². The molecule has 0 spiro atoms. The van der Waals surface area contributed by atoms with Crippen molar-refractivity contribution in [2.75, 3.05) is 11.9 Å². The molecule has 1 atom stereocenters. The lowest BCUT2D eigenvalue weighted by Gasteiger charge is -2.33. The number of carbonyl (C=O) groups is 1. The predicted octanol–water partition coefficient (Wildman–Crippen LogP) is 5.57. The largest absolute Gasteiger partial charge is 0.309 e. The van der Waals surface area contributed by atoms with E-state index >= 15 is 0 Å². The molecule has 1 fully saturated rings. The lowest BCUT2D eigenvalue weighted by atomic mass is 9.92. The Hall–Kier alpha value is -2.31. The number of thiophene rings is 1. The Morgan fingerprint density at radius 2 is 1.86 bits per heavy atom. The van der Waals surface area contributed by atoms with Gasteiger partial charge in [-0.25, -0.2) is 13.4 Å². The number of fused-ring (bicyclic) bond motifs is 2. The van der Waals surface area contributed by atoms with E-state index in [2.05, 4.69) is 22.5 Å². The zero-order valence-corrected chi connectivity index (χ0v) is 23.4. The normalized spacial score (nSPS) is 18.7. The van der Waals surface area contributed by atoms with Gasteiger partial charge in [0.15, 0.2) is 0 Å². The first-order valence-corrected chi connectivity index (χ1v) is 15.8. The van der Waals surface area contributed by atoms with Crippen LogP contribution >= 0.6 is 34.3 Å². The predicted molar refractivity (Wildman–Crippen MR) is 148 cm³/mol. The average Bonchev–Trinajstić information content (AvgIpc) is 3.60. The van der Waals surface area contributed by atoms with Gasteiger partial charge in [0.1, 0.15) is 16.1 Å². The van der Waals surface area contributed by atoms with E-state index in [0.717, 1.165) is 46.5 Å². The Morgan fingerprint density at radius 1 is 1.08 bits per heavy atom. The number of hydrogen-bond donors (Lipinski definition) is 1. The van der Waals surface area contributed by atoms with E-state index in [0.29, 0.717) is 28.1 Å². The van der Waals surface area contributed by atoms with Crippen molar-refractivity contribution in [3.05, 3.63) is 51.5 Å². The number of piperidine rings is 1. The van der Waals surface area contributed by atoms with Gasteiger partial charge in [0.25, 0.3) is 10.0 Å². The number of benzene rings is 1. The molecule has 1 N–H and O–H groups in total. The second-order valence-electron chi connectivity index (χ2n) is 9.55. The van der Waals surface area contributed by atoms with E-state index in [1.165, 1.54) is 45.7 Å². The zero-order chi connectivity index (χ0) is 25.7. The van der Waals surface area contributed by atoms with Crippen LogP contribution in [-0.4, -0.2) is 46.0 Å². The molecule has 1 unspecified atom stereocenters. The van der Waals surface area contributed by atoms with Crippen molar-refractivity contribution in [1.82, 2.24) is 19.1 Å². The van der Waals surface area contributed by atoms with Crippen LogP contribution in [0.4, 0.5) is 5.82 Å². The minimum Gasteiger partial charge on any atom is -0.309 e. The molecule has 1 aliphatic carbocycles. The maximum atomic E-state index is 13.5. The molecule has 1 aliphatic heterocycles. The fourth-order valence-corrected chi connectivity index (χ4v) is 9.43. The molecule has 37 heavy (non-hydrogen) atoms. The minimum atomic E-state index is -3.84. The summed E-state index contributed by atoms with van der Waals surface area (Å²) in [6.07, 6.45) is 6.52. The third-order valence-corrected chi connectivity index (χ3v) is 11.6. The maximum absolute atomic E-state index is 13.5. The quantitative estimate of drug-likeness (QED) is 0.336. The van der Waals surface area contributed by atoms with Crippen molar-refractivity contribution in [2.45, 2.75) is 62.1 Å². The molecule has 1 saturated heterocycles. The molecule has 0 saturated carbocycles. The highest BCUT2D eigenvalue weighted by Crippen LogP contribution is 2.34. The number of nitrogens with one attached hydrogen (secondary N) is 1. The van der Waals surface area contributed by atoms with Gasteiger partial charge in [0.05, 0.1) is 20.2 Å². The first-order chi connectivity index (χ1) is 17.8. The Kier molecular flexibility index (Phi) is 6.60. The number of amides is 1. The molecular formula is C25H26ClN5O3S3. The molecule has 3 aromatic heterocycles. The first-order valence-electron chi connectivity index (χ1n) is 12.4. The van der Waals surface area contributed by atoms with Crippen LogP contribution in [-0.2, 0) is 27.7 Å². The van der Waals surface area contributed by atoms with Crippen LogP contribution in [0.5, 0.6) is 0 Å². The van der Waals surface area contributed by atoms with Crippen molar-refractivity contribution < 1.29 is 13.2 Å². The number of halogens is 1. The highest BCUT2D eigenvalue weighted by Gasteiger charge is 2.38. The van der Waals surface area contributed by atoms with Crippen molar-refractivity contribution in [3.63, 3.8) is 0 Å². The standard InChI is InChI=1S/C25H26ClN5O3S3/c1-15-12-22(31(29-15)25-27-18-13-16-6-2-3-7-17(16)14-20(18)35-25)28-24(32)19-8-4-5-11-30(19)37(33,34)23-10-9-21(26)36-23/h9-10,12-14,19H,2-8,11H2,1H3,(H,28,32). The van der Waals surface area contributed by atoms with E-state index in [4.69, 9.17) is 16.6 Å². The van der Waals surface area contributed by atoms with Crippen LogP contribution in [0.3, 0.4) is 0 Å². The van der Waals surface area contributed by atoms with E-state index in [1.54, 1.807) is 16.8 Å². The maximum Gasteiger partial charge on any atom is 0.253 e. The van der Waals surface area contributed by atoms with Crippen LogP contribution in [0.2, 0.25) is 4.34 Å². The smallest absolute Gasteiger partial charge is 0.253 e. The number of anilines is 1. The van der Waals surface area contributed by atoms with E-state index in [-0.39, 0.29) is 16.7 Å². The summed E-state index contributed by atoms with van der Waals surface area (Å²) in [7, 11) is -3.84. The van der Waals surface area contributed by atoms with Crippen molar-refractivity contribution in [1.29, 1.82) is 0 Å². The number of sulfonamides is 1. The summed E-state index contributed by atoms with van der Waals surface area (Å²) >= 11 is 8.54. The Labute approximate surface area is 228 Å². The lowest BCUT2D eigenvalue weighted by molar-refractivity contribution is -0.120. The SMILES string of the molecule is Cc1cc(NC(=O)C2CCCCN2S(=O)(=O)c2ccc(Cl)s2)n(-c2nc3cc4c(cc3s2)CCCC4)n1. The van der Waals surface area contributed by atoms with Crippen molar-refractivity contribution >= 4 is 66.2 Å². The fraction of sp³-hybridized carbons (Fsp3) is 0.400. The second-order valence-corrected chi connectivity index (χ2v) is 14.4. The number of aromatic nitrogens is 3. The van der Waals surface area contributed by atoms with Gasteiger partial charge < -0.3 is 5.32 Å². The third kappa shape index (κ3) is 4.72. The molecular weight excluding hydrogens is 550 g/mol. The molecule has 0 radical (unpaired) electrons. The monoisotopic (exact) mass is 575 g/mol. The Morgan fingerprint density at radius 3 is 2.62 bits per heavy atom. The van der Waals surface area contributed by atoms with Crippen LogP contribution in [0, 0.1) is 6.92 Å². The number of carbonyl (C=O) groups excluding carboxylic acids is 1. The lowest BCUT2D eigenvalue weighted by Crippen LogP contribution is -2.49. The minimum absolute atomic E-state index is 0.148. The fourth-order valence-electron chi connectivity index (χ4n) is 5.18. The van der Waals surface area contributed by atoms with Gasteiger partial charge in [-0.15, -0.1) is 11.3 Å². The van der Waals surface area contributed by atoms with Crippen molar-refractivity contribution in [3.8, 4) is 5.13 Å². The van der Waals surface area contributed by atoms with E-state index < -0.39 is 16.1 Å². The van der Waals surface area contributed by atoms with Gasteiger partial charge in [-0.1, -0.05) is 29.4 Å². The molecule has 194 valence electrons. The van der Waals surface area contributed by atoms with Gasteiger partial charge >= 0.3 is 0 Å². The summed E-state index contributed by atoms with van der Waals surface area (Å²) in [6, 6.07) is 8.45. The van der Waals surface area contributed by atoms with Crippen molar-refractivity contribution in [2.24, 2.45) is 0 Å². The summed E-state index contributed by atoms with van der Waals surface area (Å²) in [4.78, 5) is 18.3. The van der Waals surface area contributed by atoms with Crippen LogP contribution in [0.1, 0.15) is 48.9 Å². The highest BCUT2D eigenvalue weighted by atomic mass is 35.5. The average molecular weight is 576 g/mol. The third-order valence-electron chi connectivity index (χ3n) is 6.97. The molecule has 1 aromatic carbocycles. The van der Waals surface area contributed by atoms with Gasteiger partial charge in [0.2, 0.25) is 11.0 Å². The first kappa shape index (κ1) is 25.0. The number of aryl methyl sites for hydroxylation is 3. The van der Waals surface area contributed by atoms with Gasteiger partial charge in [0, 0.05) is 12.6 Å². The number of hydrogen-bond acceptors (Lipinski definition) is 7.